The van der Waals surface area contributed by atoms with Crippen molar-refractivity contribution < 1.29 is 13.2 Å². The zero-order chi connectivity index (χ0) is 16.7. The highest BCUT2D eigenvalue weighted by Gasteiger charge is 2.13. The van der Waals surface area contributed by atoms with E-state index >= 15 is 0 Å². The monoisotopic (exact) mass is 331 g/mol. The van der Waals surface area contributed by atoms with Gasteiger partial charge in [-0.15, -0.1) is 0 Å². The predicted octanol–water partition coefficient (Wildman–Crippen LogP) is 3.31. The van der Waals surface area contributed by atoms with E-state index < -0.39 is 10.0 Å². The molecule has 4 nitrogen and oxygen atoms in total. The molecule has 23 heavy (non-hydrogen) atoms. The van der Waals surface area contributed by atoms with E-state index in [-0.39, 0.29) is 6.54 Å². The fourth-order valence-corrected chi connectivity index (χ4v) is 2.82. The number of likely N-dealkylation sites (N-methyl/N-ethyl adjacent to an activating group) is 1. The average molecular weight is 331 g/mol. The summed E-state index contributed by atoms with van der Waals surface area (Å²) in [6, 6.07) is 17.0. The van der Waals surface area contributed by atoms with Crippen molar-refractivity contribution in [2.24, 2.45) is 0 Å². The molecular weight excluding hydrogens is 310 g/mol. The average Bonchev–Trinajstić information content (AvgIpc) is 2.54. The van der Waals surface area contributed by atoms with Gasteiger partial charge < -0.3 is 4.74 Å². The second kappa shape index (κ2) is 7.94. The lowest BCUT2D eigenvalue weighted by atomic mass is 10.2. The Hall–Kier alpha value is -2.11. The number of hydrogen-bond donors (Lipinski definition) is 0. The minimum absolute atomic E-state index is 0.287. The van der Waals surface area contributed by atoms with Gasteiger partial charge in [0.2, 0.25) is 10.0 Å². The lowest BCUT2D eigenvalue weighted by molar-refractivity contribution is 0.287. The lowest BCUT2D eigenvalue weighted by Crippen LogP contribution is -2.29. The number of benzene rings is 2. The van der Waals surface area contributed by atoms with Crippen LogP contribution < -0.4 is 4.74 Å². The molecular formula is C18H21NO3S. The zero-order valence-corrected chi connectivity index (χ0v) is 14.2. The molecule has 0 radical (unpaired) electrons. The van der Waals surface area contributed by atoms with Crippen LogP contribution in [0.3, 0.4) is 0 Å². The van der Waals surface area contributed by atoms with Gasteiger partial charge in [-0.3, -0.25) is 0 Å². The highest BCUT2D eigenvalue weighted by molar-refractivity contribution is 7.92. The molecule has 0 amide bonds. The maximum Gasteiger partial charge on any atom is 0.236 e. The van der Waals surface area contributed by atoms with Gasteiger partial charge in [-0.2, -0.15) is 4.31 Å². The van der Waals surface area contributed by atoms with Gasteiger partial charge in [0, 0.05) is 19.0 Å². The topological polar surface area (TPSA) is 46.6 Å². The molecule has 0 aliphatic heterocycles. The molecule has 0 unspecified atom stereocenters. The fraction of sp³-hybridized carbons (Fsp3) is 0.222. The van der Waals surface area contributed by atoms with Crippen molar-refractivity contribution in [2.75, 3.05) is 20.2 Å². The number of hydrogen-bond acceptors (Lipinski definition) is 3. The summed E-state index contributed by atoms with van der Waals surface area (Å²) in [5.74, 6) is 0.746. The number of sulfonamides is 1. The van der Waals surface area contributed by atoms with Gasteiger partial charge in [0.25, 0.3) is 0 Å². The number of rotatable bonds is 7. The van der Waals surface area contributed by atoms with Crippen LogP contribution in [-0.4, -0.2) is 32.9 Å². The zero-order valence-electron chi connectivity index (χ0n) is 13.3. The van der Waals surface area contributed by atoms with Crippen LogP contribution in [0.4, 0.5) is 0 Å². The van der Waals surface area contributed by atoms with Crippen molar-refractivity contribution >= 4 is 16.1 Å². The van der Waals surface area contributed by atoms with Crippen molar-refractivity contribution in [1.29, 1.82) is 0 Å². The van der Waals surface area contributed by atoms with Crippen LogP contribution >= 0.6 is 0 Å². The molecule has 0 spiro atoms. The van der Waals surface area contributed by atoms with Gasteiger partial charge in [0.05, 0.1) is 0 Å². The van der Waals surface area contributed by atoms with E-state index in [1.54, 1.807) is 13.1 Å². The summed E-state index contributed by atoms with van der Waals surface area (Å²) in [6.45, 7) is 2.57. The van der Waals surface area contributed by atoms with E-state index in [0.29, 0.717) is 6.61 Å². The van der Waals surface area contributed by atoms with E-state index in [0.717, 1.165) is 16.9 Å². The number of ether oxygens (including phenoxy) is 1. The summed E-state index contributed by atoms with van der Waals surface area (Å²) in [7, 11) is -1.90. The van der Waals surface area contributed by atoms with Crippen LogP contribution in [0.25, 0.3) is 6.08 Å². The molecule has 0 aromatic heterocycles. The normalized spacial score (nSPS) is 12.0. The first-order chi connectivity index (χ1) is 11.0. The molecule has 5 heteroatoms. The molecule has 2 aromatic carbocycles. The molecule has 0 aliphatic carbocycles. The van der Waals surface area contributed by atoms with E-state index in [4.69, 9.17) is 4.74 Å². The Morgan fingerprint density at radius 2 is 1.83 bits per heavy atom. The van der Waals surface area contributed by atoms with Crippen LogP contribution in [0.5, 0.6) is 5.75 Å². The first-order valence-electron chi connectivity index (χ1n) is 7.36. The fourth-order valence-electron chi connectivity index (χ4n) is 1.96. The summed E-state index contributed by atoms with van der Waals surface area (Å²) in [4.78, 5) is 0. The maximum absolute atomic E-state index is 12.2. The summed E-state index contributed by atoms with van der Waals surface area (Å²) in [5, 5.41) is 1.22. The second-order valence-electron chi connectivity index (χ2n) is 5.24. The molecule has 0 saturated heterocycles. The molecule has 0 heterocycles. The number of nitrogens with zero attached hydrogens (tertiary/aromatic N) is 1. The molecule has 0 bridgehead atoms. The van der Waals surface area contributed by atoms with Crippen molar-refractivity contribution in [2.45, 2.75) is 6.92 Å². The summed E-state index contributed by atoms with van der Waals surface area (Å²) in [6.07, 6.45) is 1.59. The molecule has 0 N–H and O–H groups in total. The Morgan fingerprint density at radius 3 is 2.52 bits per heavy atom. The summed E-state index contributed by atoms with van der Waals surface area (Å²) < 4.78 is 31.2. The third kappa shape index (κ3) is 5.54. The van der Waals surface area contributed by atoms with Crippen molar-refractivity contribution in [3.63, 3.8) is 0 Å². The van der Waals surface area contributed by atoms with Gasteiger partial charge >= 0.3 is 0 Å². The third-order valence-electron chi connectivity index (χ3n) is 3.33. The molecule has 122 valence electrons. The lowest BCUT2D eigenvalue weighted by Gasteiger charge is -2.15. The summed E-state index contributed by atoms with van der Waals surface area (Å²) >= 11 is 0. The highest BCUT2D eigenvalue weighted by atomic mass is 32.2. The highest BCUT2D eigenvalue weighted by Crippen LogP contribution is 2.12. The van der Waals surface area contributed by atoms with Gasteiger partial charge in [-0.05, 0) is 36.3 Å². The van der Waals surface area contributed by atoms with E-state index in [1.165, 1.54) is 9.71 Å². The standard InChI is InChI=1S/C18H21NO3S/c1-16-7-6-10-18(15-16)22-13-12-19(2)23(20,21)14-11-17-8-4-3-5-9-17/h3-11,14-15H,12-13H2,1-2H3. The Balaban J connectivity index is 1.89. The van der Waals surface area contributed by atoms with Crippen molar-refractivity contribution in [1.82, 2.24) is 4.31 Å². The Labute approximate surface area is 138 Å². The van der Waals surface area contributed by atoms with E-state index in [9.17, 15) is 8.42 Å². The van der Waals surface area contributed by atoms with Crippen LogP contribution in [0.15, 0.2) is 60.0 Å². The van der Waals surface area contributed by atoms with Gasteiger partial charge in [0.15, 0.2) is 0 Å². The van der Waals surface area contributed by atoms with Gasteiger partial charge in [0.1, 0.15) is 12.4 Å². The molecule has 0 saturated carbocycles. The van der Waals surface area contributed by atoms with Crippen LogP contribution in [-0.2, 0) is 10.0 Å². The maximum atomic E-state index is 12.2. The van der Waals surface area contributed by atoms with Crippen LogP contribution in [0, 0.1) is 6.92 Å². The number of aryl methyl sites for hydroxylation is 1. The summed E-state index contributed by atoms with van der Waals surface area (Å²) in [5.41, 5.74) is 1.95. The smallest absolute Gasteiger partial charge is 0.236 e. The Kier molecular flexibility index (Phi) is 5.96. The molecule has 2 rings (SSSR count). The van der Waals surface area contributed by atoms with E-state index in [1.807, 2.05) is 61.5 Å². The molecule has 0 aliphatic rings. The first-order valence-corrected chi connectivity index (χ1v) is 8.87. The van der Waals surface area contributed by atoms with E-state index in [2.05, 4.69) is 0 Å². The molecule has 0 atom stereocenters. The second-order valence-corrected chi connectivity index (χ2v) is 7.17. The van der Waals surface area contributed by atoms with Crippen LogP contribution in [0.1, 0.15) is 11.1 Å². The SMILES string of the molecule is Cc1cccc(OCCN(C)S(=O)(=O)C=Cc2ccccc2)c1. The predicted molar refractivity (Wildman–Crippen MR) is 93.7 cm³/mol. The third-order valence-corrected chi connectivity index (χ3v) is 4.86. The quantitative estimate of drug-likeness (QED) is 0.782. The Bertz CT molecular complexity index is 755. The molecule has 2 aromatic rings. The Morgan fingerprint density at radius 1 is 1.09 bits per heavy atom. The van der Waals surface area contributed by atoms with Gasteiger partial charge in [-0.25, -0.2) is 8.42 Å². The molecule has 0 fully saturated rings. The minimum atomic E-state index is -3.45. The van der Waals surface area contributed by atoms with Crippen molar-refractivity contribution in [3.8, 4) is 5.75 Å². The largest absolute Gasteiger partial charge is 0.492 e. The van der Waals surface area contributed by atoms with Crippen LogP contribution in [0.2, 0.25) is 0 Å². The van der Waals surface area contributed by atoms with Crippen molar-refractivity contribution in [3.05, 3.63) is 71.1 Å². The first kappa shape index (κ1) is 17.2. The minimum Gasteiger partial charge on any atom is -0.492 e. The van der Waals surface area contributed by atoms with Gasteiger partial charge in [-0.1, -0.05) is 42.5 Å².